The Morgan fingerprint density at radius 3 is 2.19 bits per heavy atom. The van der Waals surface area contributed by atoms with Crippen molar-refractivity contribution in [3.05, 3.63) is 169 Å². The Balaban J connectivity index is 1.17. The first-order chi connectivity index (χ1) is 25.5. The van der Waals surface area contributed by atoms with E-state index >= 15 is 0 Å². The zero-order chi connectivity index (χ0) is 35.0. The van der Waals surface area contributed by atoms with E-state index in [9.17, 15) is 0 Å². The summed E-state index contributed by atoms with van der Waals surface area (Å²) in [5, 5.41) is 2.41. The van der Waals surface area contributed by atoms with E-state index in [1.807, 2.05) is 42.6 Å². The minimum Gasteiger partial charge on any atom is -0.457 e. The highest BCUT2D eigenvalue weighted by Gasteiger charge is 2.40. The van der Waals surface area contributed by atoms with Crippen LogP contribution < -0.4 is 9.64 Å². The third kappa shape index (κ3) is 4.50. The highest BCUT2D eigenvalue weighted by atomic mass is 16.5. The van der Waals surface area contributed by atoms with Gasteiger partial charge in [-0.25, -0.2) is 9.97 Å². The molecule has 0 aliphatic carbocycles. The SMILES string of the molecule is Cn1c(-c2cccc(Oc3ccc4c(c3)N(c3ccccn3)c3c(ccc5c6ccccc6n(-c6ccccc6)c35)C4(C)C)c2)nc2ccccc21. The lowest BCUT2D eigenvalue weighted by Crippen LogP contribution is -2.31. The summed E-state index contributed by atoms with van der Waals surface area (Å²) in [6, 6.07) is 53.0. The largest absolute Gasteiger partial charge is 0.457 e. The van der Waals surface area contributed by atoms with Crippen LogP contribution in [0.2, 0.25) is 0 Å². The van der Waals surface area contributed by atoms with Crippen LogP contribution in [0, 0.1) is 0 Å². The summed E-state index contributed by atoms with van der Waals surface area (Å²) >= 11 is 0. The van der Waals surface area contributed by atoms with Crippen molar-refractivity contribution in [1.29, 1.82) is 0 Å². The van der Waals surface area contributed by atoms with Gasteiger partial charge in [-0.2, -0.15) is 0 Å². The molecule has 0 saturated carbocycles. The van der Waals surface area contributed by atoms with Crippen LogP contribution in [0.5, 0.6) is 11.5 Å². The van der Waals surface area contributed by atoms with Gasteiger partial charge in [0.1, 0.15) is 23.1 Å². The Labute approximate surface area is 301 Å². The molecule has 6 aromatic carbocycles. The Morgan fingerprint density at radius 1 is 0.615 bits per heavy atom. The fourth-order valence-electron chi connectivity index (χ4n) is 8.13. The molecule has 6 nitrogen and oxygen atoms in total. The molecule has 6 heteroatoms. The van der Waals surface area contributed by atoms with Gasteiger partial charge in [0.05, 0.1) is 33.4 Å². The molecule has 0 saturated heterocycles. The topological polar surface area (TPSA) is 48.1 Å². The first-order valence-corrected chi connectivity index (χ1v) is 17.6. The number of imidazole rings is 1. The number of aromatic nitrogens is 4. The molecule has 9 aromatic rings. The maximum absolute atomic E-state index is 6.70. The normalized spacial score (nSPS) is 13.4. The standard InChI is InChI=1S/C46H35N5O/c1-46(2)36-25-23-33(52-32-17-13-14-30(28-32)45-48-38-19-8-10-21-40(38)49(45)3)29-41(36)51(42-22-11-12-27-47-42)44-37(46)26-24-35-34-18-7-9-20-39(34)50(43(35)44)31-15-5-4-6-16-31/h4-29H,1-3H3. The molecule has 0 atom stereocenters. The van der Waals surface area contributed by atoms with Crippen molar-refractivity contribution in [3.8, 4) is 28.6 Å². The van der Waals surface area contributed by atoms with Crippen LogP contribution in [0.15, 0.2) is 158 Å². The molecule has 0 bridgehead atoms. The molecule has 0 N–H and O–H groups in total. The van der Waals surface area contributed by atoms with Gasteiger partial charge in [0, 0.05) is 46.7 Å². The monoisotopic (exact) mass is 673 g/mol. The number of hydrogen-bond donors (Lipinski definition) is 0. The second-order valence-corrected chi connectivity index (χ2v) is 14.0. The van der Waals surface area contributed by atoms with E-state index in [4.69, 9.17) is 14.7 Å². The van der Waals surface area contributed by atoms with Gasteiger partial charge >= 0.3 is 0 Å². The highest BCUT2D eigenvalue weighted by molar-refractivity contribution is 6.15. The van der Waals surface area contributed by atoms with E-state index in [2.05, 4.69) is 150 Å². The lowest BCUT2D eigenvalue weighted by atomic mass is 9.73. The summed E-state index contributed by atoms with van der Waals surface area (Å²) < 4.78 is 11.2. The quantitative estimate of drug-likeness (QED) is 0.182. The number of nitrogens with zero attached hydrogens (tertiary/aromatic N) is 5. The van der Waals surface area contributed by atoms with Crippen LogP contribution in [0.1, 0.15) is 25.0 Å². The number of benzene rings is 6. The zero-order valence-electron chi connectivity index (χ0n) is 29.2. The number of anilines is 3. The van der Waals surface area contributed by atoms with Crippen molar-refractivity contribution in [2.75, 3.05) is 4.90 Å². The van der Waals surface area contributed by atoms with Gasteiger partial charge in [0.15, 0.2) is 0 Å². The summed E-state index contributed by atoms with van der Waals surface area (Å²) in [5.41, 5.74) is 10.8. The molecule has 10 rings (SSSR count). The third-order valence-electron chi connectivity index (χ3n) is 10.6. The number of ether oxygens (including phenoxy) is 1. The van der Waals surface area contributed by atoms with Gasteiger partial charge in [-0.3, -0.25) is 4.90 Å². The van der Waals surface area contributed by atoms with Crippen molar-refractivity contribution in [2.24, 2.45) is 7.05 Å². The third-order valence-corrected chi connectivity index (χ3v) is 10.6. The van der Waals surface area contributed by atoms with Gasteiger partial charge in [-0.15, -0.1) is 0 Å². The molecule has 250 valence electrons. The predicted molar refractivity (Wildman–Crippen MR) is 212 cm³/mol. The zero-order valence-corrected chi connectivity index (χ0v) is 29.2. The summed E-state index contributed by atoms with van der Waals surface area (Å²) in [5.74, 6) is 3.24. The van der Waals surface area contributed by atoms with E-state index in [-0.39, 0.29) is 5.41 Å². The summed E-state index contributed by atoms with van der Waals surface area (Å²) in [7, 11) is 2.06. The Bertz CT molecular complexity index is 2820. The number of aryl methyl sites for hydroxylation is 1. The van der Waals surface area contributed by atoms with Gasteiger partial charge in [-0.1, -0.05) is 98.8 Å². The van der Waals surface area contributed by atoms with Gasteiger partial charge in [0.25, 0.3) is 0 Å². The second-order valence-electron chi connectivity index (χ2n) is 14.0. The molecule has 0 fully saturated rings. The van der Waals surface area contributed by atoms with Crippen LogP contribution in [-0.4, -0.2) is 19.1 Å². The van der Waals surface area contributed by atoms with Crippen LogP contribution in [0.25, 0.3) is 49.9 Å². The molecular weight excluding hydrogens is 639 g/mol. The van der Waals surface area contributed by atoms with E-state index < -0.39 is 0 Å². The van der Waals surface area contributed by atoms with Crippen molar-refractivity contribution < 1.29 is 4.74 Å². The molecule has 4 heterocycles. The van der Waals surface area contributed by atoms with Crippen molar-refractivity contribution in [2.45, 2.75) is 19.3 Å². The average molecular weight is 674 g/mol. The van der Waals surface area contributed by atoms with Gasteiger partial charge < -0.3 is 13.9 Å². The van der Waals surface area contributed by atoms with E-state index in [0.717, 1.165) is 62.3 Å². The molecule has 0 unspecified atom stereocenters. The molecule has 0 spiro atoms. The Morgan fingerprint density at radius 2 is 1.37 bits per heavy atom. The Kier molecular flexibility index (Phi) is 6.64. The Hall–Kier alpha value is -6.66. The van der Waals surface area contributed by atoms with E-state index in [1.54, 1.807) is 0 Å². The number of rotatable bonds is 5. The number of pyridine rings is 1. The first-order valence-electron chi connectivity index (χ1n) is 17.6. The molecule has 1 aliphatic rings. The highest BCUT2D eigenvalue weighted by Crippen LogP contribution is 2.56. The minimum absolute atomic E-state index is 0.319. The van der Waals surface area contributed by atoms with Gasteiger partial charge in [-0.05, 0) is 71.8 Å². The minimum atomic E-state index is -0.319. The number of hydrogen-bond acceptors (Lipinski definition) is 4. The fourth-order valence-corrected chi connectivity index (χ4v) is 8.13. The van der Waals surface area contributed by atoms with Crippen molar-refractivity contribution in [3.63, 3.8) is 0 Å². The van der Waals surface area contributed by atoms with Crippen molar-refractivity contribution >= 4 is 50.0 Å². The molecular formula is C46H35N5O. The lowest BCUT2D eigenvalue weighted by molar-refractivity contribution is 0.482. The fraction of sp³-hybridized carbons (Fsp3) is 0.0870. The number of fused-ring (bicyclic) bond motifs is 7. The molecule has 0 radical (unpaired) electrons. The lowest BCUT2D eigenvalue weighted by Gasteiger charge is -2.42. The van der Waals surface area contributed by atoms with E-state index in [0.29, 0.717) is 0 Å². The summed E-state index contributed by atoms with van der Waals surface area (Å²) in [4.78, 5) is 12.2. The first kappa shape index (κ1) is 30.2. The maximum atomic E-state index is 6.70. The molecule has 0 amide bonds. The van der Waals surface area contributed by atoms with Crippen LogP contribution in [-0.2, 0) is 12.5 Å². The van der Waals surface area contributed by atoms with Gasteiger partial charge in [0.2, 0.25) is 0 Å². The van der Waals surface area contributed by atoms with E-state index in [1.165, 1.54) is 27.4 Å². The maximum Gasteiger partial charge on any atom is 0.140 e. The predicted octanol–water partition coefficient (Wildman–Crippen LogP) is 11.6. The van der Waals surface area contributed by atoms with Crippen LogP contribution in [0.3, 0.4) is 0 Å². The molecule has 52 heavy (non-hydrogen) atoms. The average Bonchev–Trinajstić information content (AvgIpc) is 3.70. The van der Waals surface area contributed by atoms with Crippen LogP contribution in [0.4, 0.5) is 17.2 Å². The summed E-state index contributed by atoms with van der Waals surface area (Å²) in [6.45, 7) is 4.64. The van der Waals surface area contributed by atoms with Crippen LogP contribution >= 0.6 is 0 Å². The molecule has 3 aromatic heterocycles. The second kappa shape index (κ2) is 11.4. The smallest absolute Gasteiger partial charge is 0.140 e. The molecule has 1 aliphatic heterocycles. The summed E-state index contributed by atoms with van der Waals surface area (Å²) in [6.07, 6.45) is 1.87. The van der Waals surface area contributed by atoms with Crippen molar-refractivity contribution in [1.82, 2.24) is 19.1 Å². The number of para-hydroxylation sites is 4.